The average Bonchev–Trinajstić information content (AvgIpc) is 1.63. The Hall–Kier alpha value is -1.06. The third-order valence-corrected chi connectivity index (χ3v) is 0.655. The monoisotopic (exact) mass is 131 g/mol. The van der Waals surface area contributed by atoms with Gasteiger partial charge < -0.3 is 5.32 Å². The van der Waals surface area contributed by atoms with E-state index in [9.17, 15) is 4.79 Å². The molecule has 0 aliphatic heterocycles. The first kappa shape index (κ1) is 7.94. The number of nitrogens with one attached hydrogen (secondary N) is 1. The number of rotatable bonds is 2. The molecule has 0 unspecified atom stereocenters. The minimum atomic E-state index is -0.289. The highest BCUT2D eigenvalue weighted by molar-refractivity contribution is 6.23. The van der Waals surface area contributed by atoms with Crippen molar-refractivity contribution in [1.82, 2.24) is 5.32 Å². The van der Waals surface area contributed by atoms with Crippen molar-refractivity contribution in [2.75, 3.05) is 13.6 Å². The van der Waals surface area contributed by atoms with Crippen LogP contribution in [0.25, 0.3) is 0 Å². The Bertz CT molecular complexity index is 127. The fraction of sp³-hybridized carbons (Fsp3) is 0.600. The molecule has 0 bridgehead atoms. The number of carbonyl (C=O) groups is 1. The third kappa shape index (κ3) is 4.80. The molecule has 52 valence electrons. The van der Waals surface area contributed by atoms with E-state index < -0.39 is 0 Å². The first-order valence-corrected chi connectivity index (χ1v) is 2.71. The zero-order valence-electron chi connectivity index (χ0n) is 5.59. The van der Waals surface area contributed by atoms with E-state index in [4.69, 9.17) is 5.21 Å². The number of hydrogen-bond donors (Lipinski definition) is 2. The molecule has 4 heteroatoms. The second-order valence-electron chi connectivity index (χ2n) is 1.60. The maximum absolute atomic E-state index is 10.5. The average molecular weight is 131 g/mol. The summed E-state index contributed by atoms with van der Waals surface area (Å²) >= 11 is 0. The van der Waals surface area contributed by atoms with Crippen LogP contribution in [0.2, 0.25) is 0 Å². The fourth-order valence-electron chi connectivity index (χ4n) is 0.390. The number of hydrogen-bond acceptors (Lipinski definition) is 2. The summed E-state index contributed by atoms with van der Waals surface area (Å²) in [5, 5.41) is 10.9. The molecule has 0 saturated carbocycles. The topological polar surface area (TPSA) is 52.3 Å². The van der Waals surface area contributed by atoms with Gasteiger partial charge in [-0.05, 0) is 11.7 Å². The minimum Gasteiger partial charge on any atom is -0.348 e. The molecule has 9 heavy (non-hydrogen) atoms. The molecule has 0 rings (SSSR count). The lowest BCUT2D eigenvalue weighted by Crippen LogP contribution is -2.26. The van der Waals surface area contributed by atoms with Gasteiger partial charge in [-0.25, -0.2) is 0 Å². The molecule has 0 spiro atoms. The van der Waals surface area contributed by atoms with Gasteiger partial charge in [0.05, 0.1) is 0 Å². The zero-order valence-corrected chi connectivity index (χ0v) is 5.59. The lowest BCUT2D eigenvalue weighted by atomic mass is 10.6. The SMILES string of the molecule is CCNC(=O)/C=[N+](\C)O. The summed E-state index contributed by atoms with van der Waals surface area (Å²) < 4.78 is 0.713. The van der Waals surface area contributed by atoms with Crippen LogP contribution in [0.5, 0.6) is 0 Å². The van der Waals surface area contributed by atoms with Crippen molar-refractivity contribution >= 4 is 12.1 Å². The van der Waals surface area contributed by atoms with Crippen LogP contribution in [0, 0.1) is 0 Å². The van der Waals surface area contributed by atoms with Crippen LogP contribution in [-0.2, 0) is 4.79 Å². The van der Waals surface area contributed by atoms with Crippen LogP contribution in [0.15, 0.2) is 0 Å². The second kappa shape index (κ2) is 3.88. The van der Waals surface area contributed by atoms with E-state index in [2.05, 4.69) is 5.32 Å². The first-order valence-electron chi connectivity index (χ1n) is 2.71. The van der Waals surface area contributed by atoms with E-state index in [1.54, 1.807) is 0 Å². The van der Waals surface area contributed by atoms with Crippen LogP contribution in [-0.4, -0.2) is 35.7 Å². The highest BCUT2D eigenvalue weighted by atomic mass is 16.5. The molecule has 0 aromatic heterocycles. The maximum atomic E-state index is 10.5. The first-order chi connectivity index (χ1) is 4.16. The second-order valence-corrected chi connectivity index (χ2v) is 1.60. The summed E-state index contributed by atoms with van der Waals surface area (Å²) in [6.07, 6.45) is 1.06. The summed E-state index contributed by atoms with van der Waals surface area (Å²) in [6.45, 7) is 2.38. The van der Waals surface area contributed by atoms with Gasteiger partial charge in [0.25, 0.3) is 6.21 Å². The van der Waals surface area contributed by atoms with Crippen LogP contribution in [0.1, 0.15) is 6.92 Å². The number of nitrogens with zero attached hydrogens (tertiary/aromatic N) is 1. The molecule has 0 radical (unpaired) electrons. The highest BCUT2D eigenvalue weighted by Crippen LogP contribution is 1.57. The van der Waals surface area contributed by atoms with Gasteiger partial charge in [-0.1, -0.05) is 0 Å². The van der Waals surface area contributed by atoms with Gasteiger partial charge in [-0.2, -0.15) is 0 Å². The summed E-state index contributed by atoms with van der Waals surface area (Å²) in [6, 6.07) is 0. The molecule has 2 N–H and O–H groups in total. The van der Waals surface area contributed by atoms with E-state index >= 15 is 0 Å². The Labute approximate surface area is 53.8 Å². The van der Waals surface area contributed by atoms with E-state index in [0.29, 0.717) is 11.3 Å². The van der Waals surface area contributed by atoms with Crippen molar-refractivity contribution in [2.45, 2.75) is 6.92 Å². The maximum Gasteiger partial charge on any atom is 0.312 e. The van der Waals surface area contributed by atoms with Crippen LogP contribution in [0.3, 0.4) is 0 Å². The Morgan fingerprint density at radius 2 is 2.44 bits per heavy atom. The van der Waals surface area contributed by atoms with Crippen LogP contribution < -0.4 is 5.32 Å². The number of hydroxylamine groups is 1. The molecular weight excluding hydrogens is 120 g/mol. The molecule has 0 heterocycles. The molecule has 0 atom stereocenters. The van der Waals surface area contributed by atoms with Gasteiger partial charge in [0.1, 0.15) is 0 Å². The van der Waals surface area contributed by atoms with Crippen molar-refractivity contribution in [3.8, 4) is 0 Å². The van der Waals surface area contributed by atoms with Gasteiger partial charge in [0, 0.05) is 6.54 Å². The van der Waals surface area contributed by atoms with Crippen molar-refractivity contribution in [2.24, 2.45) is 0 Å². The highest BCUT2D eigenvalue weighted by Gasteiger charge is 1.98. The van der Waals surface area contributed by atoms with Gasteiger partial charge in [-0.3, -0.25) is 10.0 Å². The molecular formula is C5H11N2O2+. The normalized spacial score (nSPS) is 11.1. The quantitative estimate of drug-likeness (QED) is 0.224. The van der Waals surface area contributed by atoms with E-state index in [-0.39, 0.29) is 5.91 Å². The Kier molecular flexibility index (Phi) is 3.43. The Morgan fingerprint density at radius 1 is 1.89 bits per heavy atom. The van der Waals surface area contributed by atoms with E-state index in [0.717, 1.165) is 6.21 Å². The van der Waals surface area contributed by atoms with Gasteiger partial charge in [0.15, 0.2) is 7.05 Å². The minimum absolute atomic E-state index is 0.289. The van der Waals surface area contributed by atoms with E-state index in [1.165, 1.54) is 7.05 Å². The summed E-state index contributed by atoms with van der Waals surface area (Å²) in [5.41, 5.74) is 0. The van der Waals surface area contributed by atoms with Crippen LogP contribution >= 0.6 is 0 Å². The predicted octanol–water partition coefficient (Wildman–Crippen LogP) is -0.775. The van der Waals surface area contributed by atoms with Crippen molar-refractivity contribution in [3.05, 3.63) is 0 Å². The van der Waals surface area contributed by atoms with Gasteiger partial charge in [0.2, 0.25) is 0 Å². The smallest absolute Gasteiger partial charge is 0.312 e. The van der Waals surface area contributed by atoms with Gasteiger partial charge >= 0.3 is 5.91 Å². The summed E-state index contributed by atoms with van der Waals surface area (Å²) in [5.74, 6) is -0.289. The summed E-state index contributed by atoms with van der Waals surface area (Å²) in [7, 11) is 1.37. The van der Waals surface area contributed by atoms with Crippen molar-refractivity contribution in [1.29, 1.82) is 0 Å². The van der Waals surface area contributed by atoms with Crippen LogP contribution in [0.4, 0.5) is 0 Å². The molecule has 0 aromatic carbocycles. The molecule has 0 saturated heterocycles. The van der Waals surface area contributed by atoms with E-state index in [1.807, 2.05) is 6.92 Å². The molecule has 0 aromatic rings. The lowest BCUT2D eigenvalue weighted by Gasteiger charge is -1.89. The Morgan fingerprint density at radius 3 is 2.78 bits per heavy atom. The molecule has 0 aliphatic carbocycles. The van der Waals surface area contributed by atoms with Gasteiger partial charge in [-0.15, -0.1) is 0 Å². The van der Waals surface area contributed by atoms with Crippen molar-refractivity contribution in [3.63, 3.8) is 0 Å². The molecule has 0 fully saturated rings. The lowest BCUT2D eigenvalue weighted by molar-refractivity contribution is -0.750. The molecule has 1 amide bonds. The summed E-state index contributed by atoms with van der Waals surface area (Å²) in [4.78, 5) is 10.5. The van der Waals surface area contributed by atoms with Crippen molar-refractivity contribution < 1.29 is 14.7 Å². The fourth-order valence-corrected chi connectivity index (χ4v) is 0.390. The standard InChI is InChI=1S/C5H10N2O2/c1-3-6-5(8)4-7(2)9/h4H,3H2,1-2H3,(H-,6,8,9)/p+1. The Balaban J connectivity index is 3.63. The number of amides is 1. The molecule has 4 nitrogen and oxygen atoms in total. The third-order valence-electron chi connectivity index (χ3n) is 0.655. The molecule has 0 aliphatic rings. The zero-order chi connectivity index (χ0) is 7.28. The predicted molar refractivity (Wildman–Crippen MR) is 32.7 cm³/mol. The largest absolute Gasteiger partial charge is 0.348 e. The number of carbonyl (C=O) groups excluding carboxylic acids is 1.